The number of halogens is 3. The summed E-state index contributed by atoms with van der Waals surface area (Å²) in [5.74, 6) is -4.96. The van der Waals surface area contributed by atoms with E-state index in [1.54, 1.807) is 0 Å². The first-order chi connectivity index (χ1) is 5.73. The maximum atomic E-state index is 12.0. The summed E-state index contributed by atoms with van der Waals surface area (Å²) in [4.78, 5) is 20.2. The van der Waals surface area contributed by atoms with Crippen molar-refractivity contribution in [1.29, 1.82) is 0 Å². The second-order valence-electron chi connectivity index (χ2n) is 2.51. The SMILES string of the molecule is NC(=O)CC(CC(=O)O)C(F)(F)F. The summed E-state index contributed by atoms with van der Waals surface area (Å²) in [6.07, 6.45) is -6.82. The van der Waals surface area contributed by atoms with Crippen molar-refractivity contribution in [3.05, 3.63) is 0 Å². The molecule has 0 saturated heterocycles. The third kappa shape index (κ3) is 5.05. The number of carbonyl (C=O) groups is 2. The van der Waals surface area contributed by atoms with Crippen LogP contribution in [0, 0.1) is 5.92 Å². The van der Waals surface area contributed by atoms with Crippen LogP contribution < -0.4 is 5.73 Å². The van der Waals surface area contributed by atoms with Gasteiger partial charge in [0.15, 0.2) is 0 Å². The smallest absolute Gasteiger partial charge is 0.392 e. The van der Waals surface area contributed by atoms with Gasteiger partial charge in [0.1, 0.15) is 0 Å². The lowest BCUT2D eigenvalue weighted by Crippen LogP contribution is -2.30. The highest BCUT2D eigenvalue weighted by Crippen LogP contribution is 2.31. The van der Waals surface area contributed by atoms with Gasteiger partial charge in [-0.25, -0.2) is 0 Å². The Morgan fingerprint density at radius 2 is 1.77 bits per heavy atom. The first-order valence-corrected chi connectivity index (χ1v) is 3.30. The number of hydrogen-bond acceptors (Lipinski definition) is 2. The summed E-state index contributed by atoms with van der Waals surface area (Å²) in [5, 5.41) is 8.11. The fourth-order valence-electron chi connectivity index (χ4n) is 0.757. The van der Waals surface area contributed by atoms with E-state index in [2.05, 4.69) is 5.73 Å². The first-order valence-electron chi connectivity index (χ1n) is 3.30. The second-order valence-corrected chi connectivity index (χ2v) is 2.51. The summed E-state index contributed by atoms with van der Waals surface area (Å²) in [6, 6.07) is 0. The van der Waals surface area contributed by atoms with E-state index < -0.39 is 36.8 Å². The Labute approximate surface area is 71.5 Å². The molecule has 3 N–H and O–H groups in total. The molecule has 0 aromatic carbocycles. The monoisotopic (exact) mass is 199 g/mol. The zero-order valence-electron chi connectivity index (χ0n) is 6.47. The highest BCUT2D eigenvalue weighted by atomic mass is 19.4. The number of alkyl halides is 3. The van der Waals surface area contributed by atoms with E-state index in [9.17, 15) is 22.8 Å². The van der Waals surface area contributed by atoms with Crippen LogP contribution in [0.15, 0.2) is 0 Å². The average Bonchev–Trinajstić information content (AvgIpc) is 1.81. The van der Waals surface area contributed by atoms with Crippen LogP contribution in [0.2, 0.25) is 0 Å². The van der Waals surface area contributed by atoms with Crippen molar-refractivity contribution in [3.63, 3.8) is 0 Å². The number of aliphatic carboxylic acids is 1. The molecule has 7 heteroatoms. The molecule has 1 atom stereocenters. The van der Waals surface area contributed by atoms with Crippen molar-refractivity contribution in [1.82, 2.24) is 0 Å². The van der Waals surface area contributed by atoms with E-state index in [0.29, 0.717) is 0 Å². The molecule has 0 rings (SSSR count). The van der Waals surface area contributed by atoms with E-state index in [1.165, 1.54) is 0 Å². The van der Waals surface area contributed by atoms with Crippen molar-refractivity contribution in [2.45, 2.75) is 19.0 Å². The lowest BCUT2D eigenvalue weighted by molar-refractivity contribution is -0.185. The number of primary amides is 1. The van der Waals surface area contributed by atoms with Crippen molar-refractivity contribution in [2.24, 2.45) is 11.7 Å². The fraction of sp³-hybridized carbons (Fsp3) is 0.667. The van der Waals surface area contributed by atoms with E-state index in [1.807, 2.05) is 0 Å². The lowest BCUT2D eigenvalue weighted by Gasteiger charge is -2.16. The van der Waals surface area contributed by atoms with E-state index in [0.717, 1.165) is 0 Å². The number of carboxylic acid groups (broad SMARTS) is 1. The largest absolute Gasteiger partial charge is 0.481 e. The molecule has 13 heavy (non-hydrogen) atoms. The molecule has 0 aliphatic heterocycles. The zero-order valence-corrected chi connectivity index (χ0v) is 6.47. The predicted molar refractivity (Wildman–Crippen MR) is 35.6 cm³/mol. The average molecular weight is 199 g/mol. The maximum absolute atomic E-state index is 12.0. The summed E-state index contributed by atoms with van der Waals surface area (Å²) in [6.45, 7) is 0. The van der Waals surface area contributed by atoms with Crippen LogP contribution in [0.1, 0.15) is 12.8 Å². The molecule has 1 amide bonds. The standard InChI is InChI=1S/C6H8F3NO3/c7-6(8,9)3(1-4(10)11)2-5(12)13/h3H,1-2H2,(H2,10,11)(H,12,13). The molecule has 0 bridgehead atoms. The molecule has 0 spiro atoms. The number of amides is 1. The molecule has 0 aromatic heterocycles. The maximum Gasteiger partial charge on any atom is 0.392 e. The Morgan fingerprint density at radius 1 is 1.31 bits per heavy atom. The Balaban J connectivity index is 4.37. The van der Waals surface area contributed by atoms with Gasteiger partial charge in [-0.2, -0.15) is 13.2 Å². The lowest BCUT2D eigenvalue weighted by atomic mass is 10.0. The number of hydrogen-bond donors (Lipinski definition) is 2. The van der Waals surface area contributed by atoms with Crippen LogP contribution in [0.3, 0.4) is 0 Å². The van der Waals surface area contributed by atoms with E-state index in [-0.39, 0.29) is 0 Å². The minimum absolute atomic E-state index is 0.990. The number of carbonyl (C=O) groups excluding carboxylic acids is 1. The third-order valence-corrected chi connectivity index (χ3v) is 1.33. The normalized spacial score (nSPS) is 13.8. The van der Waals surface area contributed by atoms with Gasteiger partial charge in [-0.3, -0.25) is 9.59 Å². The van der Waals surface area contributed by atoms with Gasteiger partial charge in [0.05, 0.1) is 12.3 Å². The molecule has 0 aliphatic carbocycles. The van der Waals surface area contributed by atoms with Gasteiger partial charge >= 0.3 is 12.1 Å². The van der Waals surface area contributed by atoms with Crippen molar-refractivity contribution in [2.75, 3.05) is 0 Å². The molecule has 0 fully saturated rings. The van der Waals surface area contributed by atoms with Crippen molar-refractivity contribution >= 4 is 11.9 Å². The predicted octanol–water partition coefficient (Wildman–Crippen LogP) is 0.515. The minimum atomic E-state index is -4.70. The summed E-state index contributed by atoms with van der Waals surface area (Å²) < 4.78 is 35.9. The van der Waals surface area contributed by atoms with Crippen LogP contribution in [-0.4, -0.2) is 23.2 Å². The number of nitrogens with two attached hydrogens (primary N) is 1. The zero-order chi connectivity index (χ0) is 10.6. The summed E-state index contributed by atoms with van der Waals surface area (Å²) >= 11 is 0. The molecule has 1 unspecified atom stereocenters. The van der Waals surface area contributed by atoms with E-state index >= 15 is 0 Å². The quantitative estimate of drug-likeness (QED) is 0.692. The van der Waals surface area contributed by atoms with Gasteiger partial charge in [-0.1, -0.05) is 0 Å². The Hall–Kier alpha value is -1.27. The molecule has 76 valence electrons. The molecule has 0 heterocycles. The fourth-order valence-corrected chi connectivity index (χ4v) is 0.757. The van der Waals surface area contributed by atoms with E-state index in [4.69, 9.17) is 5.11 Å². The summed E-state index contributed by atoms with van der Waals surface area (Å²) in [7, 11) is 0. The van der Waals surface area contributed by atoms with Crippen LogP contribution in [-0.2, 0) is 9.59 Å². The molecule has 0 aromatic rings. The molecular formula is C6H8F3NO3. The van der Waals surface area contributed by atoms with Crippen LogP contribution >= 0.6 is 0 Å². The van der Waals surface area contributed by atoms with Crippen molar-refractivity contribution in [3.8, 4) is 0 Å². The summed E-state index contributed by atoms with van der Waals surface area (Å²) in [5.41, 5.74) is 4.53. The first kappa shape index (κ1) is 11.7. The Bertz CT molecular complexity index is 198. The van der Waals surface area contributed by atoms with Gasteiger partial charge in [0.2, 0.25) is 5.91 Å². The van der Waals surface area contributed by atoms with Gasteiger partial charge in [0, 0.05) is 6.42 Å². The van der Waals surface area contributed by atoms with Gasteiger partial charge in [-0.15, -0.1) is 0 Å². The highest BCUT2D eigenvalue weighted by molar-refractivity contribution is 5.75. The second kappa shape index (κ2) is 4.11. The Morgan fingerprint density at radius 3 is 2.00 bits per heavy atom. The van der Waals surface area contributed by atoms with Crippen LogP contribution in [0.25, 0.3) is 0 Å². The van der Waals surface area contributed by atoms with Crippen LogP contribution in [0.4, 0.5) is 13.2 Å². The molecular weight excluding hydrogens is 191 g/mol. The number of rotatable bonds is 4. The van der Waals surface area contributed by atoms with Crippen LogP contribution in [0.5, 0.6) is 0 Å². The third-order valence-electron chi connectivity index (χ3n) is 1.33. The minimum Gasteiger partial charge on any atom is -0.481 e. The topological polar surface area (TPSA) is 80.4 Å². The van der Waals surface area contributed by atoms with Gasteiger partial charge < -0.3 is 10.8 Å². The molecule has 4 nitrogen and oxygen atoms in total. The molecule has 0 saturated carbocycles. The highest BCUT2D eigenvalue weighted by Gasteiger charge is 2.41. The van der Waals surface area contributed by atoms with Crippen molar-refractivity contribution < 1.29 is 27.9 Å². The molecule has 0 aliphatic rings. The number of carboxylic acids is 1. The molecule has 0 radical (unpaired) electrons. The van der Waals surface area contributed by atoms with Gasteiger partial charge in [0.25, 0.3) is 0 Å². The Kier molecular flexibility index (Phi) is 3.70. The van der Waals surface area contributed by atoms with Gasteiger partial charge in [-0.05, 0) is 0 Å².